The molecule has 1 unspecified atom stereocenters. The number of rotatable bonds is 6. The molecule has 1 amide bonds. The van der Waals surface area contributed by atoms with Crippen LogP contribution in [0.15, 0.2) is 72.3 Å². The average molecular weight is 511 g/mol. The Hall–Kier alpha value is -4.52. The van der Waals surface area contributed by atoms with E-state index in [0.29, 0.717) is 22.7 Å². The Bertz CT molecular complexity index is 1600. The number of para-hydroxylation sites is 1. The van der Waals surface area contributed by atoms with Gasteiger partial charge in [0.2, 0.25) is 0 Å². The molecule has 4 aromatic rings. The minimum Gasteiger partial charge on any atom is -0.507 e. The third-order valence-corrected chi connectivity index (χ3v) is 7.12. The minimum atomic E-state index is -0.858. The number of Topliss-reactive ketones (excluding diaryl/α,β-unsaturated/α-hetero) is 1. The highest BCUT2D eigenvalue weighted by molar-refractivity contribution is 6.52. The van der Waals surface area contributed by atoms with E-state index < -0.39 is 17.7 Å². The highest BCUT2D eigenvalue weighted by atomic mass is 16.5. The van der Waals surface area contributed by atoms with Gasteiger partial charge in [-0.1, -0.05) is 38.1 Å². The van der Waals surface area contributed by atoms with Crippen molar-refractivity contribution in [2.75, 3.05) is 19.1 Å². The molecule has 1 aliphatic rings. The third kappa shape index (κ3) is 4.00. The van der Waals surface area contributed by atoms with Crippen molar-refractivity contribution in [1.29, 1.82) is 0 Å². The zero-order valence-corrected chi connectivity index (χ0v) is 22.0. The van der Waals surface area contributed by atoms with Gasteiger partial charge in [-0.25, -0.2) is 0 Å². The quantitative estimate of drug-likeness (QED) is 0.182. The van der Waals surface area contributed by atoms with E-state index in [4.69, 9.17) is 9.47 Å². The summed E-state index contributed by atoms with van der Waals surface area (Å²) in [6, 6.07) is 19.2. The van der Waals surface area contributed by atoms with Crippen LogP contribution < -0.4 is 14.4 Å². The topological polar surface area (TPSA) is 91.9 Å². The molecule has 0 spiro atoms. The number of carbonyl (C=O) groups excluding carboxylic acids is 2. The van der Waals surface area contributed by atoms with Crippen molar-refractivity contribution in [1.82, 2.24) is 4.98 Å². The summed E-state index contributed by atoms with van der Waals surface area (Å²) < 4.78 is 10.9. The molecule has 1 fully saturated rings. The van der Waals surface area contributed by atoms with E-state index in [2.05, 4.69) is 4.98 Å². The molecule has 0 bridgehead atoms. The molecule has 2 heterocycles. The second kappa shape index (κ2) is 9.74. The summed E-state index contributed by atoms with van der Waals surface area (Å²) in [6.45, 7) is 5.96. The van der Waals surface area contributed by atoms with Crippen LogP contribution in [0.25, 0.3) is 16.7 Å². The van der Waals surface area contributed by atoms with E-state index >= 15 is 0 Å². The second-order valence-corrected chi connectivity index (χ2v) is 9.69. The SMILES string of the molecule is COc1cccc(N2C(=O)C(=O)/C(=C(/O)c3ccc(OC)c(C(C)C)c3)C2c2c(C)[nH]c3ccccc23)c1. The van der Waals surface area contributed by atoms with Crippen LogP contribution in [-0.2, 0) is 9.59 Å². The average Bonchev–Trinajstić information content (AvgIpc) is 3.39. The van der Waals surface area contributed by atoms with Gasteiger partial charge in [-0.05, 0) is 54.8 Å². The van der Waals surface area contributed by atoms with Crippen molar-refractivity contribution in [3.05, 3.63) is 94.7 Å². The number of ether oxygens (including phenoxy) is 2. The lowest BCUT2D eigenvalue weighted by atomic mass is 9.91. The summed E-state index contributed by atoms with van der Waals surface area (Å²) in [7, 11) is 3.14. The molecule has 1 atom stereocenters. The first-order chi connectivity index (χ1) is 18.3. The van der Waals surface area contributed by atoms with E-state index in [9.17, 15) is 14.7 Å². The second-order valence-electron chi connectivity index (χ2n) is 9.69. The molecular weight excluding hydrogens is 480 g/mol. The highest BCUT2D eigenvalue weighted by Gasteiger charge is 2.48. The predicted molar refractivity (Wildman–Crippen MR) is 148 cm³/mol. The largest absolute Gasteiger partial charge is 0.507 e. The van der Waals surface area contributed by atoms with Crippen LogP contribution >= 0.6 is 0 Å². The zero-order chi connectivity index (χ0) is 27.1. The van der Waals surface area contributed by atoms with Gasteiger partial charge < -0.3 is 19.6 Å². The van der Waals surface area contributed by atoms with Crippen LogP contribution in [0.2, 0.25) is 0 Å². The number of fused-ring (bicyclic) bond motifs is 1. The number of aliphatic hydroxyl groups is 1. The molecule has 0 aliphatic carbocycles. The number of hydrogen-bond donors (Lipinski definition) is 2. The van der Waals surface area contributed by atoms with Crippen molar-refractivity contribution in [2.45, 2.75) is 32.7 Å². The maximum absolute atomic E-state index is 13.7. The number of aliphatic hydroxyl groups excluding tert-OH is 1. The van der Waals surface area contributed by atoms with Gasteiger partial charge in [0.25, 0.3) is 11.7 Å². The maximum atomic E-state index is 13.7. The number of H-pyrrole nitrogens is 1. The first-order valence-electron chi connectivity index (χ1n) is 12.5. The van der Waals surface area contributed by atoms with Crippen molar-refractivity contribution in [2.24, 2.45) is 0 Å². The van der Waals surface area contributed by atoms with Gasteiger partial charge in [0, 0.05) is 39.5 Å². The van der Waals surface area contributed by atoms with E-state index in [1.807, 2.05) is 51.1 Å². The van der Waals surface area contributed by atoms with Crippen molar-refractivity contribution < 1.29 is 24.2 Å². The summed E-state index contributed by atoms with van der Waals surface area (Å²) in [6.07, 6.45) is 0. The molecule has 7 nitrogen and oxygen atoms in total. The van der Waals surface area contributed by atoms with Gasteiger partial charge in [-0.2, -0.15) is 0 Å². The number of amides is 1. The number of methoxy groups -OCH3 is 2. The van der Waals surface area contributed by atoms with Gasteiger partial charge in [0.05, 0.1) is 25.8 Å². The van der Waals surface area contributed by atoms with Gasteiger partial charge in [0.1, 0.15) is 17.3 Å². The van der Waals surface area contributed by atoms with Crippen LogP contribution in [0.4, 0.5) is 5.69 Å². The van der Waals surface area contributed by atoms with Crippen LogP contribution in [0.3, 0.4) is 0 Å². The zero-order valence-electron chi connectivity index (χ0n) is 22.0. The van der Waals surface area contributed by atoms with E-state index in [0.717, 1.165) is 27.7 Å². The molecule has 1 aromatic heterocycles. The molecular formula is C31H30N2O5. The Labute approximate surface area is 221 Å². The normalized spacial score (nSPS) is 17.0. The highest BCUT2D eigenvalue weighted by Crippen LogP contribution is 2.46. The molecule has 1 saturated heterocycles. The standard InChI is InChI=1S/C31H30N2O5/c1-17(2)23-15-19(13-14-25(23)38-5)29(34)27-28(26-18(3)32-24-12-7-6-11-22(24)26)33(31(36)30(27)35)20-9-8-10-21(16-20)37-4/h6-17,28,32,34H,1-5H3/b29-27+. The van der Waals surface area contributed by atoms with Gasteiger partial charge in [0.15, 0.2) is 0 Å². The molecule has 0 radical (unpaired) electrons. The van der Waals surface area contributed by atoms with Gasteiger partial charge in [-0.3, -0.25) is 14.5 Å². The third-order valence-electron chi connectivity index (χ3n) is 7.12. The summed E-state index contributed by atoms with van der Waals surface area (Å²) in [5.41, 5.74) is 4.29. The molecule has 0 saturated carbocycles. The summed E-state index contributed by atoms with van der Waals surface area (Å²) in [5, 5.41) is 12.5. The van der Waals surface area contributed by atoms with Crippen LogP contribution in [0, 0.1) is 6.92 Å². The van der Waals surface area contributed by atoms with E-state index in [1.54, 1.807) is 50.6 Å². The molecule has 2 N–H and O–H groups in total. The number of aromatic amines is 1. The Kier molecular flexibility index (Phi) is 6.45. The maximum Gasteiger partial charge on any atom is 0.300 e. The lowest BCUT2D eigenvalue weighted by Crippen LogP contribution is -2.29. The van der Waals surface area contributed by atoms with Crippen LogP contribution in [0.5, 0.6) is 11.5 Å². The Balaban J connectivity index is 1.80. The molecule has 1 aliphatic heterocycles. The number of nitrogens with one attached hydrogen (secondary N) is 1. The van der Waals surface area contributed by atoms with Gasteiger partial charge >= 0.3 is 0 Å². The Morgan fingerprint density at radius 3 is 2.45 bits per heavy atom. The first-order valence-corrected chi connectivity index (χ1v) is 12.5. The van der Waals surface area contributed by atoms with Crippen molar-refractivity contribution in [3.8, 4) is 11.5 Å². The predicted octanol–water partition coefficient (Wildman–Crippen LogP) is 6.24. The monoisotopic (exact) mass is 510 g/mol. The fourth-order valence-electron chi connectivity index (χ4n) is 5.27. The number of aryl methyl sites for hydroxylation is 1. The number of anilines is 1. The van der Waals surface area contributed by atoms with Crippen molar-refractivity contribution in [3.63, 3.8) is 0 Å². The van der Waals surface area contributed by atoms with Crippen molar-refractivity contribution >= 4 is 34.0 Å². The summed E-state index contributed by atoms with van der Waals surface area (Å²) in [4.78, 5) is 32.1. The van der Waals surface area contributed by atoms with Crippen LogP contribution in [0.1, 0.15) is 48.2 Å². The number of carbonyl (C=O) groups is 2. The molecule has 194 valence electrons. The van der Waals surface area contributed by atoms with E-state index in [1.165, 1.54) is 4.90 Å². The molecule has 5 rings (SSSR count). The number of nitrogens with zero attached hydrogens (tertiary/aromatic N) is 1. The fraction of sp³-hybridized carbons (Fsp3) is 0.226. The summed E-state index contributed by atoms with van der Waals surface area (Å²) in [5.74, 6) is -0.335. The Morgan fingerprint density at radius 1 is 0.974 bits per heavy atom. The minimum absolute atomic E-state index is 0.0329. The fourth-order valence-corrected chi connectivity index (χ4v) is 5.27. The summed E-state index contributed by atoms with van der Waals surface area (Å²) >= 11 is 0. The number of hydrogen-bond acceptors (Lipinski definition) is 5. The lowest BCUT2D eigenvalue weighted by Gasteiger charge is -2.26. The van der Waals surface area contributed by atoms with Gasteiger partial charge in [-0.15, -0.1) is 0 Å². The first kappa shape index (κ1) is 25.1. The number of benzene rings is 3. The number of ketones is 1. The van der Waals surface area contributed by atoms with E-state index in [-0.39, 0.29) is 17.3 Å². The Morgan fingerprint density at radius 2 is 1.74 bits per heavy atom. The lowest BCUT2D eigenvalue weighted by molar-refractivity contribution is -0.132. The number of aromatic nitrogens is 1. The smallest absolute Gasteiger partial charge is 0.300 e. The molecule has 3 aromatic carbocycles. The van der Waals surface area contributed by atoms with Crippen LogP contribution in [-0.4, -0.2) is 36.0 Å². The molecule has 7 heteroatoms. The molecule has 38 heavy (non-hydrogen) atoms.